The number of hydrogen-bond acceptors (Lipinski definition) is 6. The van der Waals surface area contributed by atoms with Crippen LogP contribution >= 0.6 is 27.5 Å². The summed E-state index contributed by atoms with van der Waals surface area (Å²) in [6, 6.07) is 4.86. The molecule has 2 aromatic carbocycles. The molecule has 130 valence electrons. The first kappa shape index (κ1) is 17.3. The Morgan fingerprint density at radius 3 is 2.56 bits per heavy atom. The van der Waals surface area contributed by atoms with Crippen molar-refractivity contribution in [3.05, 3.63) is 27.7 Å². The summed E-state index contributed by atoms with van der Waals surface area (Å²) in [5.74, 6) is 0.168. The standard InChI is InChI=1S/C15H14BrClN6O2/c1-6(24)20-10-4-8(18)12(25-2)5-11(10)23-21-14-7(16)3-9(19)13(17)15(14)22-23/h3-5H,18-19H2,1-2H3,(H,20,24). The molecule has 3 rings (SSSR count). The number of nitrogen functional groups attached to an aromatic ring is 2. The molecule has 8 nitrogen and oxygen atoms in total. The molecule has 0 aliphatic heterocycles. The second kappa shape index (κ2) is 6.41. The van der Waals surface area contributed by atoms with Gasteiger partial charge in [-0.25, -0.2) is 0 Å². The second-order valence-electron chi connectivity index (χ2n) is 5.24. The number of amides is 1. The van der Waals surface area contributed by atoms with Gasteiger partial charge in [-0.3, -0.25) is 4.79 Å². The van der Waals surface area contributed by atoms with Gasteiger partial charge in [0.2, 0.25) is 5.91 Å². The SMILES string of the molecule is COc1cc(-n2nc3c(Br)cc(N)c(Cl)c3n2)c(NC(C)=O)cc1N. The maximum absolute atomic E-state index is 11.5. The number of hydrogen-bond donors (Lipinski definition) is 3. The van der Waals surface area contributed by atoms with Crippen molar-refractivity contribution in [1.82, 2.24) is 15.0 Å². The van der Waals surface area contributed by atoms with Gasteiger partial charge in [0.25, 0.3) is 0 Å². The zero-order valence-electron chi connectivity index (χ0n) is 13.3. The third kappa shape index (κ3) is 3.08. The van der Waals surface area contributed by atoms with Gasteiger partial charge in [-0.15, -0.1) is 15.0 Å². The normalized spacial score (nSPS) is 10.9. The van der Waals surface area contributed by atoms with E-state index in [0.717, 1.165) is 0 Å². The summed E-state index contributed by atoms with van der Waals surface area (Å²) in [6.07, 6.45) is 0. The molecule has 0 atom stereocenters. The molecule has 5 N–H and O–H groups in total. The first-order valence-electron chi connectivity index (χ1n) is 7.07. The zero-order valence-corrected chi connectivity index (χ0v) is 15.6. The molecule has 1 amide bonds. The van der Waals surface area contributed by atoms with Crippen LogP contribution in [0.2, 0.25) is 5.02 Å². The van der Waals surface area contributed by atoms with Crippen molar-refractivity contribution >= 4 is 61.5 Å². The summed E-state index contributed by atoms with van der Waals surface area (Å²) in [5, 5.41) is 11.8. The molecule has 3 aromatic rings. The van der Waals surface area contributed by atoms with E-state index in [1.807, 2.05) is 0 Å². The summed E-state index contributed by atoms with van der Waals surface area (Å²) >= 11 is 9.63. The van der Waals surface area contributed by atoms with E-state index in [4.69, 9.17) is 27.8 Å². The van der Waals surface area contributed by atoms with Gasteiger partial charge < -0.3 is 21.5 Å². The van der Waals surface area contributed by atoms with Crippen molar-refractivity contribution in [1.29, 1.82) is 0 Å². The highest BCUT2D eigenvalue weighted by atomic mass is 79.9. The lowest BCUT2D eigenvalue weighted by atomic mass is 10.2. The monoisotopic (exact) mass is 424 g/mol. The van der Waals surface area contributed by atoms with Crippen LogP contribution in [0.3, 0.4) is 0 Å². The lowest BCUT2D eigenvalue weighted by molar-refractivity contribution is -0.114. The molecule has 0 spiro atoms. The van der Waals surface area contributed by atoms with Crippen molar-refractivity contribution in [2.24, 2.45) is 0 Å². The molecule has 0 bridgehead atoms. The molecule has 0 radical (unpaired) electrons. The second-order valence-corrected chi connectivity index (χ2v) is 6.47. The van der Waals surface area contributed by atoms with Crippen LogP contribution in [0.1, 0.15) is 6.92 Å². The molecule has 0 aliphatic rings. The number of nitrogens with one attached hydrogen (secondary N) is 1. The molecule has 0 saturated carbocycles. The Balaban J connectivity index is 2.28. The Labute approximate surface area is 156 Å². The van der Waals surface area contributed by atoms with Gasteiger partial charge >= 0.3 is 0 Å². The Hall–Kier alpha value is -2.52. The number of benzene rings is 2. The van der Waals surface area contributed by atoms with E-state index in [9.17, 15) is 4.79 Å². The maximum atomic E-state index is 11.5. The summed E-state index contributed by atoms with van der Waals surface area (Å²) in [4.78, 5) is 12.9. The molecule has 1 aromatic heterocycles. The Morgan fingerprint density at radius 1 is 1.24 bits per heavy atom. The number of halogens is 2. The Morgan fingerprint density at radius 2 is 1.92 bits per heavy atom. The summed E-state index contributed by atoms with van der Waals surface area (Å²) in [6.45, 7) is 1.39. The van der Waals surface area contributed by atoms with E-state index in [1.165, 1.54) is 18.8 Å². The first-order valence-corrected chi connectivity index (χ1v) is 8.25. The highest BCUT2D eigenvalue weighted by molar-refractivity contribution is 9.10. The Kier molecular flexibility index (Phi) is 4.44. The van der Waals surface area contributed by atoms with Gasteiger partial charge in [0, 0.05) is 17.5 Å². The van der Waals surface area contributed by atoms with Gasteiger partial charge in [0.15, 0.2) is 0 Å². The van der Waals surface area contributed by atoms with Crippen molar-refractivity contribution < 1.29 is 9.53 Å². The van der Waals surface area contributed by atoms with Gasteiger partial charge in [0.1, 0.15) is 22.5 Å². The molecule has 0 aliphatic carbocycles. The molecule has 25 heavy (non-hydrogen) atoms. The number of fused-ring (bicyclic) bond motifs is 1. The van der Waals surface area contributed by atoms with E-state index < -0.39 is 0 Å². The maximum Gasteiger partial charge on any atom is 0.221 e. The molecule has 0 saturated heterocycles. The summed E-state index contributed by atoms with van der Waals surface area (Å²) in [7, 11) is 1.49. The highest BCUT2D eigenvalue weighted by Gasteiger charge is 2.18. The molecule has 10 heteroatoms. The van der Waals surface area contributed by atoms with Crippen LogP contribution in [0.4, 0.5) is 17.1 Å². The Bertz CT molecular complexity index is 1000. The number of methoxy groups -OCH3 is 1. The number of nitrogens with zero attached hydrogens (tertiary/aromatic N) is 3. The minimum atomic E-state index is -0.258. The number of aromatic nitrogens is 3. The van der Waals surface area contributed by atoms with E-state index in [1.54, 1.807) is 18.2 Å². The van der Waals surface area contributed by atoms with Crippen molar-refractivity contribution in [2.75, 3.05) is 23.9 Å². The first-order chi connectivity index (χ1) is 11.8. The van der Waals surface area contributed by atoms with Crippen LogP contribution in [0, 0.1) is 0 Å². The predicted molar refractivity (Wildman–Crippen MR) is 101 cm³/mol. The number of ether oxygens (including phenoxy) is 1. The topological polar surface area (TPSA) is 121 Å². The molecule has 0 unspecified atom stereocenters. The van der Waals surface area contributed by atoms with Gasteiger partial charge in [-0.2, -0.15) is 0 Å². The van der Waals surface area contributed by atoms with E-state index in [2.05, 4.69) is 31.4 Å². The predicted octanol–water partition coefficient (Wildman–Crippen LogP) is 2.97. The average Bonchev–Trinajstić information content (AvgIpc) is 2.98. The van der Waals surface area contributed by atoms with Crippen molar-refractivity contribution in [2.45, 2.75) is 6.92 Å². The van der Waals surface area contributed by atoms with Crippen LogP contribution in [-0.2, 0) is 4.79 Å². The fourth-order valence-corrected chi connectivity index (χ4v) is 3.04. The van der Waals surface area contributed by atoms with Gasteiger partial charge in [-0.05, 0) is 28.1 Å². The lowest BCUT2D eigenvalue weighted by Gasteiger charge is -2.13. The zero-order chi connectivity index (χ0) is 18.3. The smallest absolute Gasteiger partial charge is 0.221 e. The summed E-state index contributed by atoms with van der Waals surface area (Å²) < 4.78 is 5.90. The lowest BCUT2D eigenvalue weighted by Crippen LogP contribution is -2.11. The third-order valence-electron chi connectivity index (χ3n) is 3.46. The molecule has 1 heterocycles. The van der Waals surface area contributed by atoms with Crippen LogP contribution in [0.5, 0.6) is 5.75 Å². The third-order valence-corrected chi connectivity index (χ3v) is 4.46. The minimum Gasteiger partial charge on any atom is -0.495 e. The number of rotatable bonds is 3. The fraction of sp³-hybridized carbons (Fsp3) is 0.133. The van der Waals surface area contributed by atoms with Crippen molar-refractivity contribution in [3.8, 4) is 11.4 Å². The molecular weight excluding hydrogens is 412 g/mol. The minimum absolute atomic E-state index is 0.258. The van der Waals surface area contributed by atoms with Crippen LogP contribution < -0.4 is 21.5 Å². The average molecular weight is 426 g/mol. The number of nitrogens with two attached hydrogens (primary N) is 2. The highest BCUT2D eigenvalue weighted by Crippen LogP contribution is 2.35. The van der Waals surface area contributed by atoms with Gasteiger partial charge in [0.05, 0.1) is 29.2 Å². The largest absolute Gasteiger partial charge is 0.495 e. The fourth-order valence-electron chi connectivity index (χ4n) is 2.35. The van der Waals surface area contributed by atoms with Gasteiger partial charge in [-0.1, -0.05) is 11.6 Å². The van der Waals surface area contributed by atoms with Crippen LogP contribution in [-0.4, -0.2) is 28.0 Å². The summed E-state index contributed by atoms with van der Waals surface area (Å²) in [5.41, 5.74) is 14.4. The molecular formula is C15H14BrClN6O2. The molecule has 0 fully saturated rings. The number of carbonyl (C=O) groups is 1. The van der Waals surface area contributed by atoms with E-state index >= 15 is 0 Å². The van der Waals surface area contributed by atoms with Crippen molar-refractivity contribution in [3.63, 3.8) is 0 Å². The quantitative estimate of drug-likeness (QED) is 0.555. The van der Waals surface area contributed by atoms with E-state index in [-0.39, 0.29) is 5.91 Å². The number of anilines is 3. The van der Waals surface area contributed by atoms with Crippen LogP contribution in [0.25, 0.3) is 16.7 Å². The number of carbonyl (C=O) groups excluding carboxylic acids is 1. The van der Waals surface area contributed by atoms with E-state index in [0.29, 0.717) is 49.0 Å². The van der Waals surface area contributed by atoms with Crippen LogP contribution in [0.15, 0.2) is 22.7 Å².